The Bertz CT molecular complexity index is 610. The summed E-state index contributed by atoms with van der Waals surface area (Å²) in [5.74, 6) is 0.807. The van der Waals surface area contributed by atoms with Crippen molar-refractivity contribution in [3.63, 3.8) is 0 Å². The van der Waals surface area contributed by atoms with Crippen molar-refractivity contribution >= 4 is 28.3 Å². The largest absolute Gasteiger partial charge is 0.381 e. The van der Waals surface area contributed by atoms with Crippen molar-refractivity contribution in [1.82, 2.24) is 9.36 Å². The van der Waals surface area contributed by atoms with Gasteiger partial charge in [0.25, 0.3) is 0 Å². The second kappa shape index (κ2) is 6.30. The van der Waals surface area contributed by atoms with Gasteiger partial charge in [0.1, 0.15) is 5.82 Å². The molecule has 1 aliphatic heterocycles. The second-order valence-corrected chi connectivity index (χ2v) is 6.53. The number of benzene rings is 1. The summed E-state index contributed by atoms with van der Waals surface area (Å²) < 4.78 is 9.76. The summed E-state index contributed by atoms with van der Waals surface area (Å²) in [6.45, 7) is 4.23. The zero-order chi connectivity index (χ0) is 14.7. The number of hydrogen-bond donors (Lipinski definition) is 1. The molecule has 4 nitrogen and oxygen atoms in total. The van der Waals surface area contributed by atoms with E-state index in [4.69, 9.17) is 16.3 Å². The van der Waals surface area contributed by atoms with Crippen LogP contribution in [0.2, 0.25) is 5.02 Å². The van der Waals surface area contributed by atoms with Crippen molar-refractivity contribution in [3.8, 4) is 0 Å². The first-order valence-electron chi connectivity index (χ1n) is 7.07. The Morgan fingerprint density at radius 1 is 1.33 bits per heavy atom. The van der Waals surface area contributed by atoms with Crippen molar-refractivity contribution in [3.05, 3.63) is 40.7 Å². The third-order valence-corrected chi connectivity index (χ3v) is 5.09. The molecule has 0 spiro atoms. The van der Waals surface area contributed by atoms with Crippen LogP contribution in [-0.4, -0.2) is 29.1 Å². The number of aryl methyl sites for hydroxylation is 1. The van der Waals surface area contributed by atoms with Gasteiger partial charge < -0.3 is 10.1 Å². The number of rotatable bonds is 4. The van der Waals surface area contributed by atoms with E-state index in [1.165, 1.54) is 17.1 Å². The Kier molecular flexibility index (Phi) is 4.42. The molecule has 1 N–H and O–H groups in total. The highest BCUT2D eigenvalue weighted by molar-refractivity contribution is 7.09. The molecule has 0 bridgehead atoms. The lowest BCUT2D eigenvalue weighted by Crippen LogP contribution is -2.40. The number of nitrogens with one attached hydrogen (secondary N) is 1. The van der Waals surface area contributed by atoms with Gasteiger partial charge >= 0.3 is 0 Å². The van der Waals surface area contributed by atoms with E-state index in [0.29, 0.717) is 0 Å². The lowest BCUT2D eigenvalue weighted by Gasteiger charge is -2.38. The predicted octanol–water partition coefficient (Wildman–Crippen LogP) is 3.66. The van der Waals surface area contributed by atoms with E-state index >= 15 is 0 Å². The van der Waals surface area contributed by atoms with Gasteiger partial charge in [-0.15, -0.1) is 0 Å². The lowest BCUT2D eigenvalue weighted by molar-refractivity contribution is 0.0544. The predicted molar refractivity (Wildman–Crippen MR) is 86.3 cm³/mol. The number of anilines is 1. The van der Waals surface area contributed by atoms with Crippen LogP contribution in [0.1, 0.15) is 24.2 Å². The Balaban J connectivity index is 1.85. The molecule has 6 heteroatoms. The van der Waals surface area contributed by atoms with Crippen LogP contribution < -0.4 is 5.32 Å². The van der Waals surface area contributed by atoms with E-state index in [1.807, 2.05) is 25.1 Å². The number of aromatic nitrogens is 2. The molecule has 1 aliphatic rings. The number of hydrogen-bond acceptors (Lipinski definition) is 5. The van der Waals surface area contributed by atoms with Crippen molar-refractivity contribution in [2.75, 3.05) is 25.1 Å². The molecule has 0 unspecified atom stereocenters. The van der Waals surface area contributed by atoms with E-state index in [-0.39, 0.29) is 5.41 Å². The molecule has 2 heterocycles. The van der Waals surface area contributed by atoms with Crippen molar-refractivity contribution in [2.45, 2.75) is 25.2 Å². The highest BCUT2D eigenvalue weighted by Gasteiger charge is 2.36. The van der Waals surface area contributed by atoms with Gasteiger partial charge in [-0.1, -0.05) is 29.8 Å². The van der Waals surface area contributed by atoms with Crippen molar-refractivity contribution in [1.29, 1.82) is 0 Å². The molecule has 0 saturated carbocycles. The van der Waals surface area contributed by atoms with Crippen molar-refractivity contribution in [2.24, 2.45) is 0 Å². The van der Waals surface area contributed by atoms with E-state index in [2.05, 4.69) is 20.7 Å². The van der Waals surface area contributed by atoms with Crippen LogP contribution in [0.3, 0.4) is 0 Å². The molecule has 0 aliphatic carbocycles. The van der Waals surface area contributed by atoms with Gasteiger partial charge in [0.05, 0.1) is 0 Å². The molecular formula is C15H18ClN3OS. The minimum Gasteiger partial charge on any atom is -0.381 e. The Morgan fingerprint density at radius 2 is 2.10 bits per heavy atom. The smallest absolute Gasteiger partial charge is 0.202 e. The maximum Gasteiger partial charge on any atom is 0.202 e. The molecular weight excluding hydrogens is 306 g/mol. The summed E-state index contributed by atoms with van der Waals surface area (Å²) in [5.41, 5.74) is 1.19. The van der Waals surface area contributed by atoms with Gasteiger partial charge in [0.2, 0.25) is 5.13 Å². The second-order valence-electron chi connectivity index (χ2n) is 5.37. The fourth-order valence-corrected chi connectivity index (χ4v) is 3.71. The minimum atomic E-state index is -0.00380. The molecule has 0 radical (unpaired) electrons. The molecule has 3 rings (SSSR count). The SMILES string of the molecule is Cc1nsc(NCC2(c3ccccc3Cl)CCOCC2)n1. The van der Waals surface area contributed by atoms with Crippen LogP contribution in [0.5, 0.6) is 0 Å². The number of ether oxygens (including phenoxy) is 1. The first-order valence-corrected chi connectivity index (χ1v) is 8.22. The van der Waals surface area contributed by atoms with Crippen LogP contribution in [-0.2, 0) is 10.2 Å². The molecule has 1 fully saturated rings. The van der Waals surface area contributed by atoms with Crippen LogP contribution >= 0.6 is 23.1 Å². The van der Waals surface area contributed by atoms with Gasteiger partial charge in [-0.25, -0.2) is 4.98 Å². The summed E-state index contributed by atoms with van der Waals surface area (Å²) in [6, 6.07) is 8.11. The zero-order valence-electron chi connectivity index (χ0n) is 11.9. The van der Waals surface area contributed by atoms with Crippen LogP contribution in [0.15, 0.2) is 24.3 Å². The molecule has 0 amide bonds. The van der Waals surface area contributed by atoms with E-state index in [0.717, 1.165) is 48.6 Å². The summed E-state index contributed by atoms with van der Waals surface area (Å²) in [5, 5.41) is 5.13. The average Bonchev–Trinajstić information content (AvgIpc) is 2.92. The third kappa shape index (κ3) is 3.20. The van der Waals surface area contributed by atoms with Gasteiger partial charge in [-0.05, 0) is 31.4 Å². The van der Waals surface area contributed by atoms with Gasteiger partial charge in [-0.2, -0.15) is 4.37 Å². The lowest BCUT2D eigenvalue weighted by atomic mass is 9.74. The fraction of sp³-hybridized carbons (Fsp3) is 0.467. The van der Waals surface area contributed by atoms with E-state index in [1.54, 1.807) is 0 Å². The Hall–Kier alpha value is -1.17. The first-order chi connectivity index (χ1) is 10.2. The highest BCUT2D eigenvalue weighted by atomic mass is 35.5. The van der Waals surface area contributed by atoms with Crippen LogP contribution in [0, 0.1) is 6.92 Å². The third-order valence-electron chi connectivity index (χ3n) is 4.00. The topological polar surface area (TPSA) is 47.0 Å². The maximum absolute atomic E-state index is 6.44. The van der Waals surface area contributed by atoms with Crippen LogP contribution in [0.25, 0.3) is 0 Å². The monoisotopic (exact) mass is 323 g/mol. The van der Waals surface area contributed by atoms with E-state index in [9.17, 15) is 0 Å². The summed E-state index contributed by atoms with van der Waals surface area (Å²) >= 11 is 7.84. The summed E-state index contributed by atoms with van der Waals surface area (Å²) in [7, 11) is 0. The Labute approximate surface area is 133 Å². The Morgan fingerprint density at radius 3 is 2.76 bits per heavy atom. The first kappa shape index (κ1) is 14.8. The molecule has 1 saturated heterocycles. The molecule has 21 heavy (non-hydrogen) atoms. The number of halogens is 1. The van der Waals surface area contributed by atoms with Gasteiger partial charge in [-0.3, -0.25) is 0 Å². The maximum atomic E-state index is 6.44. The zero-order valence-corrected chi connectivity index (χ0v) is 13.5. The van der Waals surface area contributed by atoms with Gasteiger partial charge in [0.15, 0.2) is 0 Å². The molecule has 0 atom stereocenters. The average molecular weight is 324 g/mol. The van der Waals surface area contributed by atoms with Crippen molar-refractivity contribution < 1.29 is 4.74 Å². The fourth-order valence-electron chi connectivity index (χ4n) is 2.81. The highest BCUT2D eigenvalue weighted by Crippen LogP contribution is 2.38. The summed E-state index contributed by atoms with van der Waals surface area (Å²) in [6.07, 6.45) is 1.92. The van der Waals surface area contributed by atoms with E-state index < -0.39 is 0 Å². The molecule has 1 aromatic carbocycles. The van der Waals surface area contributed by atoms with Crippen LogP contribution in [0.4, 0.5) is 5.13 Å². The standard InChI is InChI=1S/C15H18ClN3OS/c1-11-18-14(21-19-11)17-10-15(6-8-20-9-7-15)12-4-2-3-5-13(12)16/h2-5H,6-10H2,1H3,(H,17,18,19). The normalized spacial score (nSPS) is 17.6. The van der Waals surface area contributed by atoms with Gasteiger partial charge in [0, 0.05) is 41.7 Å². The summed E-state index contributed by atoms with van der Waals surface area (Å²) in [4.78, 5) is 4.37. The molecule has 2 aromatic rings. The minimum absolute atomic E-state index is 0.00380. The molecule has 112 valence electrons. The number of nitrogens with zero attached hydrogens (tertiary/aromatic N) is 2. The molecule has 1 aromatic heterocycles. The quantitative estimate of drug-likeness (QED) is 0.932.